The number of benzene rings is 1. The van der Waals surface area contributed by atoms with Crippen molar-refractivity contribution in [3.63, 3.8) is 0 Å². The monoisotopic (exact) mass is 214 g/mol. The molecular weight excluding hydrogens is 200 g/mol. The minimum Gasteiger partial charge on any atom is -0.110 e. The zero-order valence-corrected chi connectivity index (χ0v) is 9.82. The molecule has 0 heterocycles. The van der Waals surface area contributed by atoms with Crippen molar-refractivity contribution in [3.8, 4) is 0 Å². The predicted octanol–water partition coefficient (Wildman–Crippen LogP) is 4.39. The second-order valence-electron chi connectivity index (χ2n) is 4.11. The van der Waals surface area contributed by atoms with Gasteiger partial charge in [0, 0.05) is 4.90 Å². The molecule has 0 saturated heterocycles. The Morgan fingerprint density at radius 1 is 1.15 bits per heavy atom. The van der Waals surface area contributed by atoms with Crippen LogP contribution in [0.3, 0.4) is 0 Å². The van der Waals surface area contributed by atoms with Crippen LogP contribution in [0.1, 0.15) is 20.8 Å². The normalized spacial score (nSPS) is 14.2. The number of hydrogen-bond acceptors (Lipinski definition) is 1. The number of hydrogen-bond donors (Lipinski definition) is 0. The van der Waals surface area contributed by atoms with E-state index in [1.54, 1.807) is 11.8 Å². The first-order valence-corrected chi connectivity index (χ1v) is 5.67. The molecule has 0 saturated carbocycles. The van der Waals surface area contributed by atoms with Gasteiger partial charge in [0.2, 0.25) is 0 Å². The summed E-state index contributed by atoms with van der Waals surface area (Å²) in [5.74, 6) is 0. The summed E-state index contributed by atoms with van der Waals surface area (Å²) < 4.78 is 0.120. The maximum Gasteiger partial charge on any atom is 0.0883 e. The summed E-state index contributed by atoms with van der Waals surface area (Å²) in [6, 6.07) is 10.3. The Labute approximate surface area is 89.7 Å². The molecule has 0 aliphatic carbocycles. The van der Waals surface area contributed by atoms with Crippen LogP contribution < -0.4 is 0 Å². The Kier molecular flexibility index (Phi) is 3.69. The van der Waals surface area contributed by atoms with E-state index in [2.05, 4.69) is 32.9 Å². The molecular formula is C11H15ClS. The van der Waals surface area contributed by atoms with Crippen molar-refractivity contribution in [3.05, 3.63) is 30.3 Å². The minimum absolute atomic E-state index is 0.120. The smallest absolute Gasteiger partial charge is 0.0883 e. The summed E-state index contributed by atoms with van der Waals surface area (Å²) in [5.41, 5.74) is 0.141. The van der Waals surface area contributed by atoms with E-state index in [0.29, 0.717) is 0 Å². The first kappa shape index (κ1) is 10.9. The fraction of sp³-hybridized carbons (Fsp3) is 0.455. The number of alkyl halides is 1. The Morgan fingerprint density at radius 3 is 2.15 bits per heavy atom. The van der Waals surface area contributed by atoms with Crippen LogP contribution in [0.15, 0.2) is 35.2 Å². The molecule has 1 rings (SSSR count). The Balaban J connectivity index is 2.61. The average Bonchev–Trinajstić information content (AvgIpc) is 2.04. The topological polar surface area (TPSA) is 0 Å². The van der Waals surface area contributed by atoms with Crippen molar-refractivity contribution < 1.29 is 0 Å². The van der Waals surface area contributed by atoms with Crippen LogP contribution in [-0.4, -0.2) is 4.71 Å². The molecule has 2 heteroatoms. The highest BCUT2D eigenvalue weighted by Crippen LogP contribution is 2.37. The van der Waals surface area contributed by atoms with Crippen LogP contribution in [0.5, 0.6) is 0 Å². The number of rotatable bonds is 2. The quantitative estimate of drug-likeness (QED) is 0.520. The SMILES string of the molecule is CC(C)(C)C(Cl)Sc1ccccc1. The Bertz CT molecular complexity index is 251. The molecule has 0 fully saturated rings. The molecule has 1 atom stereocenters. The van der Waals surface area contributed by atoms with Gasteiger partial charge >= 0.3 is 0 Å². The van der Waals surface area contributed by atoms with Gasteiger partial charge in [-0.1, -0.05) is 39.0 Å². The van der Waals surface area contributed by atoms with Crippen molar-refractivity contribution in [2.75, 3.05) is 0 Å². The molecule has 0 aliphatic heterocycles. The largest absolute Gasteiger partial charge is 0.110 e. The molecule has 0 bridgehead atoms. The molecule has 0 N–H and O–H groups in total. The molecule has 1 aromatic carbocycles. The maximum atomic E-state index is 6.25. The van der Waals surface area contributed by atoms with E-state index in [1.165, 1.54) is 4.90 Å². The molecule has 72 valence electrons. The fourth-order valence-corrected chi connectivity index (χ4v) is 2.01. The van der Waals surface area contributed by atoms with Gasteiger partial charge in [-0.3, -0.25) is 0 Å². The number of halogens is 1. The molecule has 13 heavy (non-hydrogen) atoms. The van der Waals surface area contributed by atoms with Crippen molar-refractivity contribution >= 4 is 23.4 Å². The molecule has 1 aromatic rings. The van der Waals surface area contributed by atoms with Gasteiger partial charge in [-0.15, -0.1) is 23.4 Å². The molecule has 0 aliphatic rings. The molecule has 0 aromatic heterocycles. The summed E-state index contributed by atoms with van der Waals surface area (Å²) >= 11 is 7.97. The lowest BCUT2D eigenvalue weighted by atomic mass is 10.0. The third kappa shape index (κ3) is 3.61. The first-order chi connectivity index (χ1) is 6.00. The van der Waals surface area contributed by atoms with Gasteiger partial charge in [-0.05, 0) is 17.5 Å². The van der Waals surface area contributed by atoms with E-state index in [1.807, 2.05) is 18.2 Å². The molecule has 0 radical (unpaired) electrons. The second-order valence-corrected chi connectivity index (χ2v) is 5.99. The summed E-state index contributed by atoms with van der Waals surface area (Å²) in [6.45, 7) is 6.46. The lowest BCUT2D eigenvalue weighted by Crippen LogP contribution is -2.16. The summed E-state index contributed by atoms with van der Waals surface area (Å²) in [4.78, 5) is 1.23. The molecule has 0 spiro atoms. The highest BCUT2D eigenvalue weighted by molar-refractivity contribution is 8.01. The van der Waals surface area contributed by atoms with Crippen molar-refractivity contribution in [1.29, 1.82) is 0 Å². The first-order valence-electron chi connectivity index (χ1n) is 4.36. The van der Waals surface area contributed by atoms with E-state index in [-0.39, 0.29) is 10.1 Å². The standard InChI is InChI=1S/C11H15ClS/c1-11(2,3)10(12)13-9-7-5-4-6-8-9/h4-8,10H,1-3H3. The van der Waals surface area contributed by atoms with Gasteiger partial charge in [0.05, 0.1) is 4.71 Å². The van der Waals surface area contributed by atoms with E-state index in [9.17, 15) is 0 Å². The molecule has 1 unspecified atom stereocenters. The predicted molar refractivity (Wildman–Crippen MR) is 61.4 cm³/mol. The van der Waals surface area contributed by atoms with Gasteiger partial charge < -0.3 is 0 Å². The van der Waals surface area contributed by atoms with Gasteiger partial charge in [0.15, 0.2) is 0 Å². The van der Waals surface area contributed by atoms with E-state index in [0.717, 1.165) is 0 Å². The Morgan fingerprint density at radius 2 is 1.69 bits per heavy atom. The van der Waals surface area contributed by atoms with Crippen LogP contribution in [0.4, 0.5) is 0 Å². The van der Waals surface area contributed by atoms with Crippen molar-refractivity contribution in [2.45, 2.75) is 30.4 Å². The molecule has 0 amide bonds. The van der Waals surface area contributed by atoms with Crippen LogP contribution in [0.2, 0.25) is 0 Å². The highest BCUT2D eigenvalue weighted by atomic mass is 35.5. The third-order valence-electron chi connectivity index (χ3n) is 1.66. The summed E-state index contributed by atoms with van der Waals surface area (Å²) in [7, 11) is 0. The van der Waals surface area contributed by atoms with Gasteiger partial charge in [0.25, 0.3) is 0 Å². The van der Waals surface area contributed by atoms with Crippen LogP contribution >= 0.6 is 23.4 Å². The Hall–Kier alpha value is -0.140. The minimum atomic E-state index is 0.120. The average molecular weight is 215 g/mol. The van der Waals surface area contributed by atoms with Crippen molar-refractivity contribution in [1.82, 2.24) is 0 Å². The zero-order valence-electron chi connectivity index (χ0n) is 8.25. The van der Waals surface area contributed by atoms with Gasteiger partial charge in [-0.25, -0.2) is 0 Å². The lowest BCUT2D eigenvalue weighted by Gasteiger charge is -2.24. The van der Waals surface area contributed by atoms with Gasteiger partial charge in [0.1, 0.15) is 0 Å². The van der Waals surface area contributed by atoms with Crippen LogP contribution in [0.25, 0.3) is 0 Å². The van der Waals surface area contributed by atoms with E-state index >= 15 is 0 Å². The summed E-state index contributed by atoms with van der Waals surface area (Å²) in [5, 5.41) is 0. The van der Waals surface area contributed by atoms with Crippen molar-refractivity contribution in [2.24, 2.45) is 5.41 Å². The lowest BCUT2D eigenvalue weighted by molar-refractivity contribution is 0.455. The highest BCUT2D eigenvalue weighted by Gasteiger charge is 2.22. The molecule has 0 nitrogen and oxygen atoms in total. The maximum absolute atomic E-state index is 6.25. The van der Waals surface area contributed by atoms with Crippen LogP contribution in [0, 0.1) is 5.41 Å². The number of thioether (sulfide) groups is 1. The third-order valence-corrected chi connectivity index (χ3v) is 4.04. The summed E-state index contributed by atoms with van der Waals surface area (Å²) in [6.07, 6.45) is 0. The van der Waals surface area contributed by atoms with Gasteiger partial charge in [-0.2, -0.15) is 0 Å². The van der Waals surface area contributed by atoms with E-state index < -0.39 is 0 Å². The fourth-order valence-electron chi connectivity index (χ4n) is 0.795. The van der Waals surface area contributed by atoms with Crippen LogP contribution in [-0.2, 0) is 0 Å². The van der Waals surface area contributed by atoms with E-state index in [4.69, 9.17) is 11.6 Å². The second kappa shape index (κ2) is 4.39. The zero-order chi connectivity index (χ0) is 9.90.